The van der Waals surface area contributed by atoms with E-state index in [1.807, 2.05) is 18.5 Å². The number of rotatable bonds is 5. The maximum absolute atomic E-state index is 4.32. The van der Waals surface area contributed by atoms with Crippen molar-refractivity contribution in [2.24, 2.45) is 0 Å². The Hall–Kier alpha value is -0.850. The Morgan fingerprint density at radius 3 is 2.70 bits per heavy atom. The average molecular weight is 293 g/mol. The molecule has 3 rings (SSSR count). The van der Waals surface area contributed by atoms with Gasteiger partial charge in [0.2, 0.25) is 5.95 Å². The summed E-state index contributed by atoms with van der Waals surface area (Å²) in [6.07, 6.45) is 4.97. The van der Waals surface area contributed by atoms with Gasteiger partial charge in [-0.05, 0) is 18.2 Å². The van der Waals surface area contributed by atoms with E-state index in [4.69, 9.17) is 0 Å². The van der Waals surface area contributed by atoms with Crippen molar-refractivity contribution in [2.75, 3.05) is 55.7 Å². The molecule has 2 saturated heterocycles. The fraction of sp³-hybridized carbons (Fsp3) is 0.714. The molecule has 0 radical (unpaired) electrons. The highest BCUT2D eigenvalue weighted by atomic mass is 32.2. The minimum absolute atomic E-state index is 0.749. The highest BCUT2D eigenvalue weighted by molar-refractivity contribution is 7.99. The van der Waals surface area contributed by atoms with E-state index in [-0.39, 0.29) is 0 Å². The number of nitrogens with one attached hydrogen (secondary N) is 1. The molecule has 2 fully saturated rings. The summed E-state index contributed by atoms with van der Waals surface area (Å²) in [7, 11) is 0. The van der Waals surface area contributed by atoms with Crippen LogP contribution in [0.4, 0.5) is 5.95 Å². The van der Waals surface area contributed by atoms with Gasteiger partial charge in [0, 0.05) is 63.5 Å². The molecule has 3 heterocycles. The summed E-state index contributed by atoms with van der Waals surface area (Å²) in [5.74, 6) is 3.49. The van der Waals surface area contributed by atoms with Crippen LogP contribution in [0.1, 0.15) is 6.42 Å². The lowest BCUT2D eigenvalue weighted by Crippen LogP contribution is -2.49. The normalized spacial score (nSPS) is 24.2. The van der Waals surface area contributed by atoms with Crippen LogP contribution in [0.25, 0.3) is 0 Å². The molecule has 0 aliphatic carbocycles. The zero-order valence-electron chi connectivity index (χ0n) is 11.9. The van der Waals surface area contributed by atoms with Crippen LogP contribution >= 0.6 is 11.8 Å². The molecule has 1 unspecified atom stereocenters. The Morgan fingerprint density at radius 2 is 2.00 bits per heavy atom. The Labute approximate surface area is 125 Å². The van der Waals surface area contributed by atoms with E-state index in [2.05, 4.69) is 36.8 Å². The third-order valence-electron chi connectivity index (χ3n) is 4.00. The first kappa shape index (κ1) is 14.1. The van der Waals surface area contributed by atoms with E-state index in [0.717, 1.165) is 51.3 Å². The Kier molecular flexibility index (Phi) is 5.11. The molecule has 2 aliphatic rings. The van der Waals surface area contributed by atoms with Crippen molar-refractivity contribution in [2.45, 2.75) is 12.5 Å². The van der Waals surface area contributed by atoms with Crippen LogP contribution in [0.5, 0.6) is 0 Å². The van der Waals surface area contributed by atoms with Crippen LogP contribution in [0.2, 0.25) is 0 Å². The highest BCUT2D eigenvalue weighted by Gasteiger charge is 2.19. The van der Waals surface area contributed by atoms with Gasteiger partial charge in [0.25, 0.3) is 0 Å². The SMILES string of the molecule is c1cnc(N2CCN(CCNC3CCSC3)CC2)nc1. The van der Waals surface area contributed by atoms with Gasteiger partial charge in [0.05, 0.1) is 0 Å². The largest absolute Gasteiger partial charge is 0.338 e. The molecule has 5 nitrogen and oxygen atoms in total. The van der Waals surface area contributed by atoms with E-state index in [9.17, 15) is 0 Å². The van der Waals surface area contributed by atoms with Crippen molar-refractivity contribution in [1.29, 1.82) is 0 Å². The molecule has 0 aromatic carbocycles. The lowest BCUT2D eigenvalue weighted by atomic mass is 10.2. The maximum atomic E-state index is 4.32. The second-order valence-electron chi connectivity index (χ2n) is 5.39. The first-order valence-corrected chi connectivity index (χ1v) is 8.63. The molecule has 110 valence electrons. The van der Waals surface area contributed by atoms with Crippen LogP contribution in [0.15, 0.2) is 18.5 Å². The minimum Gasteiger partial charge on any atom is -0.338 e. The second kappa shape index (κ2) is 7.24. The summed E-state index contributed by atoms with van der Waals surface area (Å²) in [5, 5.41) is 3.67. The third kappa shape index (κ3) is 3.84. The number of hydrogen-bond acceptors (Lipinski definition) is 6. The number of hydrogen-bond donors (Lipinski definition) is 1. The molecule has 20 heavy (non-hydrogen) atoms. The predicted molar refractivity (Wildman–Crippen MR) is 84.4 cm³/mol. The fourth-order valence-electron chi connectivity index (χ4n) is 2.75. The maximum Gasteiger partial charge on any atom is 0.225 e. The Morgan fingerprint density at radius 1 is 1.20 bits per heavy atom. The average Bonchev–Trinajstić information content (AvgIpc) is 3.02. The van der Waals surface area contributed by atoms with Crippen molar-refractivity contribution in [3.63, 3.8) is 0 Å². The first-order chi connectivity index (χ1) is 9.92. The number of piperazine rings is 1. The number of thioether (sulfide) groups is 1. The number of aromatic nitrogens is 2. The molecule has 0 saturated carbocycles. The van der Waals surface area contributed by atoms with Crippen molar-refractivity contribution in [3.05, 3.63) is 18.5 Å². The Balaban J connectivity index is 1.36. The molecule has 0 amide bonds. The summed E-state index contributed by atoms with van der Waals surface area (Å²) in [6, 6.07) is 2.62. The van der Waals surface area contributed by atoms with Gasteiger partial charge in [-0.2, -0.15) is 11.8 Å². The van der Waals surface area contributed by atoms with Gasteiger partial charge in [-0.15, -0.1) is 0 Å². The van der Waals surface area contributed by atoms with E-state index < -0.39 is 0 Å². The van der Waals surface area contributed by atoms with Crippen LogP contribution in [0.3, 0.4) is 0 Å². The number of nitrogens with zero attached hydrogens (tertiary/aromatic N) is 4. The van der Waals surface area contributed by atoms with Crippen LogP contribution in [0, 0.1) is 0 Å². The fourth-order valence-corrected chi connectivity index (χ4v) is 3.94. The zero-order valence-corrected chi connectivity index (χ0v) is 12.7. The molecule has 1 atom stereocenters. The lowest BCUT2D eigenvalue weighted by Gasteiger charge is -2.34. The minimum atomic E-state index is 0.749. The summed E-state index contributed by atoms with van der Waals surface area (Å²) < 4.78 is 0. The van der Waals surface area contributed by atoms with Gasteiger partial charge in [-0.3, -0.25) is 4.90 Å². The van der Waals surface area contributed by atoms with E-state index in [1.165, 1.54) is 17.9 Å². The zero-order chi connectivity index (χ0) is 13.6. The molecule has 6 heteroatoms. The summed E-state index contributed by atoms with van der Waals surface area (Å²) >= 11 is 2.07. The molecule has 2 aliphatic heterocycles. The van der Waals surface area contributed by atoms with Gasteiger partial charge >= 0.3 is 0 Å². The molecule has 1 aromatic heterocycles. The first-order valence-electron chi connectivity index (χ1n) is 7.47. The van der Waals surface area contributed by atoms with Gasteiger partial charge < -0.3 is 10.2 Å². The third-order valence-corrected chi connectivity index (χ3v) is 5.16. The lowest BCUT2D eigenvalue weighted by molar-refractivity contribution is 0.253. The quantitative estimate of drug-likeness (QED) is 0.862. The standard InChI is InChI=1S/C14H23N5S/c1-3-16-14(17-4-1)19-9-7-18(8-10-19)6-5-15-13-2-11-20-12-13/h1,3-4,13,15H,2,5-12H2. The highest BCUT2D eigenvalue weighted by Crippen LogP contribution is 2.16. The molecular weight excluding hydrogens is 270 g/mol. The second-order valence-corrected chi connectivity index (χ2v) is 6.54. The molecular formula is C14H23N5S. The van der Waals surface area contributed by atoms with Crippen molar-refractivity contribution in [1.82, 2.24) is 20.2 Å². The van der Waals surface area contributed by atoms with Crippen molar-refractivity contribution in [3.8, 4) is 0 Å². The molecule has 0 spiro atoms. The van der Waals surface area contributed by atoms with Gasteiger partial charge in [0.15, 0.2) is 0 Å². The van der Waals surface area contributed by atoms with E-state index in [0.29, 0.717) is 0 Å². The molecule has 1 N–H and O–H groups in total. The topological polar surface area (TPSA) is 44.3 Å². The van der Waals surface area contributed by atoms with Crippen LogP contribution in [-0.2, 0) is 0 Å². The Bertz CT molecular complexity index is 388. The monoisotopic (exact) mass is 293 g/mol. The molecule has 0 bridgehead atoms. The van der Waals surface area contributed by atoms with Gasteiger partial charge in [-0.25, -0.2) is 9.97 Å². The summed E-state index contributed by atoms with van der Waals surface area (Å²) in [4.78, 5) is 13.5. The van der Waals surface area contributed by atoms with Crippen LogP contribution in [-0.4, -0.2) is 71.7 Å². The van der Waals surface area contributed by atoms with Crippen molar-refractivity contribution >= 4 is 17.7 Å². The van der Waals surface area contributed by atoms with Crippen LogP contribution < -0.4 is 10.2 Å². The van der Waals surface area contributed by atoms with E-state index in [1.54, 1.807) is 0 Å². The number of anilines is 1. The van der Waals surface area contributed by atoms with Gasteiger partial charge in [0.1, 0.15) is 0 Å². The molecule has 1 aromatic rings. The predicted octanol–water partition coefficient (Wildman–Crippen LogP) is 0.694. The summed E-state index contributed by atoms with van der Waals surface area (Å²) in [5.41, 5.74) is 0. The smallest absolute Gasteiger partial charge is 0.225 e. The van der Waals surface area contributed by atoms with Gasteiger partial charge in [-0.1, -0.05) is 0 Å². The van der Waals surface area contributed by atoms with Crippen molar-refractivity contribution < 1.29 is 0 Å². The van der Waals surface area contributed by atoms with E-state index >= 15 is 0 Å². The summed E-state index contributed by atoms with van der Waals surface area (Å²) in [6.45, 7) is 6.56.